The molecule has 0 saturated carbocycles. The number of carbonyl (C=O) groups is 1. The fourth-order valence-corrected chi connectivity index (χ4v) is 2.42. The van der Waals surface area contributed by atoms with E-state index in [-0.39, 0.29) is 5.91 Å². The summed E-state index contributed by atoms with van der Waals surface area (Å²) in [6, 6.07) is 3.73. The highest BCUT2D eigenvalue weighted by molar-refractivity contribution is 7.17. The molecule has 1 aromatic rings. The second kappa shape index (κ2) is 7.51. The van der Waals surface area contributed by atoms with E-state index in [2.05, 4.69) is 19.2 Å². The highest BCUT2D eigenvalue weighted by atomic mass is 35.5. The number of amides is 1. The summed E-state index contributed by atoms with van der Waals surface area (Å²) in [5, 5.41) is 2.91. The van der Waals surface area contributed by atoms with Crippen LogP contribution in [0.15, 0.2) is 18.2 Å². The molecule has 0 bridgehead atoms. The topological polar surface area (TPSA) is 29.1 Å². The normalized spacial score (nSPS) is 11.3. The molecule has 2 nitrogen and oxygen atoms in total. The molecule has 1 aromatic heterocycles. The van der Waals surface area contributed by atoms with Crippen molar-refractivity contribution < 1.29 is 4.79 Å². The first-order chi connectivity index (χ1) is 8.15. The van der Waals surface area contributed by atoms with Crippen LogP contribution in [-0.2, 0) is 4.79 Å². The van der Waals surface area contributed by atoms with Gasteiger partial charge in [-0.25, -0.2) is 0 Å². The van der Waals surface area contributed by atoms with Gasteiger partial charge in [0.05, 0.1) is 4.34 Å². The smallest absolute Gasteiger partial charge is 0.244 e. The Morgan fingerprint density at radius 1 is 1.47 bits per heavy atom. The van der Waals surface area contributed by atoms with Gasteiger partial charge >= 0.3 is 0 Å². The highest BCUT2D eigenvalue weighted by Gasteiger charge is 2.04. The molecule has 1 heterocycles. The summed E-state index contributed by atoms with van der Waals surface area (Å²) >= 11 is 7.26. The molecule has 0 aliphatic heterocycles. The fraction of sp³-hybridized carbons (Fsp3) is 0.462. The monoisotopic (exact) mass is 271 g/mol. The van der Waals surface area contributed by atoms with Gasteiger partial charge in [-0.1, -0.05) is 38.3 Å². The minimum Gasteiger partial charge on any atom is -0.352 e. The maximum atomic E-state index is 11.5. The second-order valence-electron chi connectivity index (χ2n) is 3.90. The zero-order chi connectivity index (χ0) is 12.7. The van der Waals surface area contributed by atoms with Crippen LogP contribution in [0.4, 0.5) is 0 Å². The van der Waals surface area contributed by atoms with Gasteiger partial charge in [-0.05, 0) is 24.1 Å². The Balaban J connectivity index is 2.36. The molecule has 1 amide bonds. The van der Waals surface area contributed by atoms with Gasteiger partial charge in [0, 0.05) is 17.5 Å². The van der Waals surface area contributed by atoms with Gasteiger partial charge in [0.15, 0.2) is 0 Å². The summed E-state index contributed by atoms with van der Waals surface area (Å²) in [5.74, 6) is 0.532. The summed E-state index contributed by atoms with van der Waals surface area (Å²) in [7, 11) is 0. The van der Waals surface area contributed by atoms with E-state index in [4.69, 9.17) is 11.6 Å². The zero-order valence-corrected chi connectivity index (χ0v) is 11.8. The van der Waals surface area contributed by atoms with Crippen molar-refractivity contribution in [3.05, 3.63) is 27.4 Å². The quantitative estimate of drug-likeness (QED) is 0.780. The van der Waals surface area contributed by atoms with Gasteiger partial charge in [0.25, 0.3) is 0 Å². The Kier molecular flexibility index (Phi) is 6.30. The van der Waals surface area contributed by atoms with Crippen molar-refractivity contribution in [3.63, 3.8) is 0 Å². The van der Waals surface area contributed by atoms with Crippen molar-refractivity contribution in [2.45, 2.75) is 26.7 Å². The number of nitrogens with one attached hydrogen (secondary N) is 1. The van der Waals surface area contributed by atoms with Gasteiger partial charge in [-0.2, -0.15) is 0 Å². The van der Waals surface area contributed by atoms with Crippen molar-refractivity contribution in [2.24, 2.45) is 5.92 Å². The molecule has 1 rings (SSSR count). The lowest BCUT2D eigenvalue weighted by Gasteiger charge is -2.11. The Labute approximate surface area is 112 Å². The van der Waals surface area contributed by atoms with Crippen LogP contribution in [0.5, 0.6) is 0 Å². The van der Waals surface area contributed by atoms with Gasteiger partial charge < -0.3 is 5.32 Å². The largest absolute Gasteiger partial charge is 0.352 e. The molecule has 0 unspecified atom stereocenters. The van der Waals surface area contributed by atoms with Crippen LogP contribution in [0.1, 0.15) is 31.6 Å². The number of thiophene rings is 1. The first kappa shape index (κ1) is 14.3. The van der Waals surface area contributed by atoms with E-state index < -0.39 is 0 Å². The number of carbonyl (C=O) groups excluding carboxylic acids is 1. The molecular formula is C13H18ClNOS. The summed E-state index contributed by atoms with van der Waals surface area (Å²) < 4.78 is 0.738. The molecule has 0 radical (unpaired) electrons. The lowest BCUT2D eigenvalue weighted by atomic mass is 10.0. The Bertz CT molecular complexity index is 383. The lowest BCUT2D eigenvalue weighted by Crippen LogP contribution is -2.27. The van der Waals surface area contributed by atoms with Crippen molar-refractivity contribution in [3.8, 4) is 0 Å². The van der Waals surface area contributed by atoms with Crippen LogP contribution in [0.3, 0.4) is 0 Å². The Morgan fingerprint density at radius 2 is 2.18 bits per heavy atom. The van der Waals surface area contributed by atoms with E-state index in [0.717, 1.165) is 28.6 Å². The van der Waals surface area contributed by atoms with E-state index in [1.165, 1.54) is 11.3 Å². The van der Waals surface area contributed by atoms with Crippen LogP contribution < -0.4 is 5.32 Å². The molecule has 0 atom stereocenters. The molecule has 1 N–H and O–H groups in total. The standard InChI is InChI=1S/C13H18ClNOS/c1-3-10(4-2)9-15-13(16)8-6-11-5-7-12(14)17-11/h5-8,10H,3-4,9H2,1-2H3,(H,15,16)/b8-6+. The van der Waals surface area contributed by atoms with Crippen molar-refractivity contribution >= 4 is 34.9 Å². The molecule has 0 fully saturated rings. The third-order valence-corrected chi connectivity index (χ3v) is 3.91. The molecule has 94 valence electrons. The molecule has 17 heavy (non-hydrogen) atoms. The molecular weight excluding hydrogens is 254 g/mol. The van der Waals surface area contributed by atoms with E-state index in [1.807, 2.05) is 12.1 Å². The van der Waals surface area contributed by atoms with Crippen LogP contribution in [0, 0.1) is 5.92 Å². The van der Waals surface area contributed by atoms with Crippen LogP contribution in [0.2, 0.25) is 4.34 Å². The summed E-state index contributed by atoms with van der Waals surface area (Å²) in [5.41, 5.74) is 0. The number of halogens is 1. The highest BCUT2D eigenvalue weighted by Crippen LogP contribution is 2.22. The number of rotatable bonds is 6. The lowest BCUT2D eigenvalue weighted by molar-refractivity contribution is -0.116. The van der Waals surface area contributed by atoms with Gasteiger partial charge in [0.2, 0.25) is 5.91 Å². The minimum atomic E-state index is -0.0403. The predicted octanol–water partition coefficient (Wildman–Crippen LogP) is 3.97. The molecule has 4 heteroatoms. The van der Waals surface area contributed by atoms with Crippen LogP contribution in [0.25, 0.3) is 6.08 Å². The van der Waals surface area contributed by atoms with Crippen molar-refractivity contribution in [1.29, 1.82) is 0 Å². The second-order valence-corrected chi connectivity index (χ2v) is 5.65. The molecule has 0 saturated heterocycles. The molecule has 0 aliphatic carbocycles. The van der Waals surface area contributed by atoms with Crippen molar-refractivity contribution in [1.82, 2.24) is 5.32 Å². The first-order valence-electron chi connectivity index (χ1n) is 5.87. The maximum Gasteiger partial charge on any atom is 0.244 e. The molecule has 0 spiro atoms. The Hall–Kier alpha value is -0.800. The third kappa shape index (κ3) is 5.37. The average Bonchev–Trinajstić information content (AvgIpc) is 2.74. The summed E-state index contributed by atoms with van der Waals surface area (Å²) in [6.45, 7) is 5.04. The summed E-state index contributed by atoms with van der Waals surface area (Å²) in [6.07, 6.45) is 5.55. The van der Waals surface area contributed by atoms with Gasteiger partial charge in [-0.15, -0.1) is 11.3 Å². The summed E-state index contributed by atoms with van der Waals surface area (Å²) in [4.78, 5) is 12.5. The van der Waals surface area contributed by atoms with Gasteiger partial charge in [0.1, 0.15) is 0 Å². The third-order valence-electron chi connectivity index (χ3n) is 2.71. The van der Waals surface area contributed by atoms with E-state index >= 15 is 0 Å². The number of hydrogen-bond acceptors (Lipinski definition) is 2. The molecule has 0 aromatic carbocycles. The maximum absolute atomic E-state index is 11.5. The van der Waals surface area contributed by atoms with Crippen molar-refractivity contribution in [2.75, 3.05) is 6.54 Å². The minimum absolute atomic E-state index is 0.0403. The molecule has 0 aliphatic rings. The van der Waals surface area contributed by atoms with Crippen LogP contribution >= 0.6 is 22.9 Å². The fourth-order valence-electron chi connectivity index (χ4n) is 1.46. The Morgan fingerprint density at radius 3 is 2.71 bits per heavy atom. The van der Waals surface area contributed by atoms with E-state index in [1.54, 1.807) is 12.2 Å². The number of hydrogen-bond donors (Lipinski definition) is 1. The van der Waals surface area contributed by atoms with E-state index in [0.29, 0.717) is 5.92 Å². The van der Waals surface area contributed by atoms with Crippen LogP contribution in [-0.4, -0.2) is 12.5 Å². The predicted molar refractivity (Wildman–Crippen MR) is 75.4 cm³/mol. The SMILES string of the molecule is CCC(CC)CNC(=O)/C=C/c1ccc(Cl)s1. The van der Waals surface area contributed by atoms with E-state index in [9.17, 15) is 4.79 Å². The van der Waals surface area contributed by atoms with Gasteiger partial charge in [-0.3, -0.25) is 4.79 Å². The first-order valence-corrected chi connectivity index (χ1v) is 7.06. The zero-order valence-electron chi connectivity index (χ0n) is 10.2. The average molecular weight is 272 g/mol.